The van der Waals surface area contributed by atoms with Gasteiger partial charge in [0.1, 0.15) is 0 Å². The van der Waals surface area contributed by atoms with Crippen LogP contribution in [0, 0.1) is 10.1 Å². The number of furan rings is 1. The Morgan fingerprint density at radius 3 is 2.54 bits per heavy atom. The van der Waals surface area contributed by atoms with E-state index in [4.69, 9.17) is 4.42 Å². The molecule has 2 aromatic rings. The van der Waals surface area contributed by atoms with Crippen molar-refractivity contribution in [3.05, 3.63) is 34.6 Å². The van der Waals surface area contributed by atoms with E-state index in [0.717, 1.165) is 0 Å². The van der Waals surface area contributed by atoms with Crippen LogP contribution in [0.4, 0.5) is 16.2 Å². The third-order valence-corrected chi connectivity index (χ3v) is 4.83. The topological polar surface area (TPSA) is 100 Å². The summed E-state index contributed by atoms with van der Waals surface area (Å²) in [5.41, 5.74) is 0.867. The number of fused-ring (bicyclic) bond motifs is 1. The first kappa shape index (κ1) is 18.0. The zero-order valence-corrected chi connectivity index (χ0v) is 15.1. The van der Waals surface area contributed by atoms with Crippen LogP contribution < -0.4 is 4.90 Å². The maximum atomic E-state index is 11.7. The number of rotatable bonds is 3. The molecular formula is C18H23N3O5. The molecule has 1 aromatic carbocycles. The minimum absolute atomic E-state index is 0.0258. The third-order valence-electron chi connectivity index (χ3n) is 4.83. The molecule has 140 valence electrons. The van der Waals surface area contributed by atoms with Crippen molar-refractivity contribution in [1.29, 1.82) is 0 Å². The largest absolute Gasteiger partial charge is 0.465 e. The minimum Gasteiger partial charge on any atom is -0.465 e. The number of nitro benzene ring substituents is 1. The number of hydrogen-bond acceptors (Lipinski definition) is 5. The van der Waals surface area contributed by atoms with Crippen LogP contribution in [0.15, 0.2) is 28.9 Å². The van der Waals surface area contributed by atoms with Crippen molar-refractivity contribution >= 4 is 28.4 Å². The molecule has 2 heterocycles. The van der Waals surface area contributed by atoms with Gasteiger partial charge in [0.15, 0.2) is 5.58 Å². The minimum atomic E-state index is -0.917. The van der Waals surface area contributed by atoms with E-state index in [1.54, 1.807) is 6.07 Å². The average Bonchev–Trinajstić information content (AvgIpc) is 3.01. The van der Waals surface area contributed by atoms with Gasteiger partial charge in [0.2, 0.25) is 0 Å². The van der Waals surface area contributed by atoms with Crippen LogP contribution in [-0.4, -0.2) is 45.7 Å². The smallest absolute Gasteiger partial charge is 0.407 e. The highest BCUT2D eigenvalue weighted by atomic mass is 16.6. The molecule has 3 rings (SSSR count). The van der Waals surface area contributed by atoms with E-state index in [-0.39, 0.29) is 11.7 Å². The molecule has 1 aliphatic heterocycles. The highest BCUT2D eigenvalue weighted by Crippen LogP contribution is 2.35. The lowest BCUT2D eigenvalue weighted by Gasteiger charge is -2.44. The fourth-order valence-electron chi connectivity index (χ4n) is 3.74. The van der Waals surface area contributed by atoms with Crippen LogP contribution in [0.5, 0.6) is 0 Å². The highest BCUT2D eigenvalue weighted by Gasteiger charge is 2.35. The molecule has 0 spiro atoms. The number of amides is 1. The lowest BCUT2D eigenvalue weighted by atomic mass is 9.96. The molecule has 0 radical (unpaired) electrons. The zero-order valence-electron chi connectivity index (χ0n) is 15.1. The van der Waals surface area contributed by atoms with Gasteiger partial charge < -0.3 is 19.3 Å². The third kappa shape index (κ3) is 3.31. The van der Waals surface area contributed by atoms with Crippen molar-refractivity contribution in [1.82, 2.24) is 4.90 Å². The van der Waals surface area contributed by atoms with Crippen molar-refractivity contribution in [2.45, 2.75) is 45.2 Å². The van der Waals surface area contributed by atoms with Gasteiger partial charge in [0.25, 0.3) is 5.69 Å². The lowest BCUT2D eigenvalue weighted by molar-refractivity contribution is -0.384. The summed E-state index contributed by atoms with van der Waals surface area (Å²) < 4.78 is 5.53. The number of piperidine rings is 1. The highest BCUT2D eigenvalue weighted by molar-refractivity contribution is 5.92. The van der Waals surface area contributed by atoms with Crippen LogP contribution in [0.1, 0.15) is 33.6 Å². The number of carbonyl (C=O) groups is 1. The van der Waals surface area contributed by atoms with E-state index in [1.165, 1.54) is 23.3 Å². The van der Waals surface area contributed by atoms with E-state index in [9.17, 15) is 20.0 Å². The molecule has 26 heavy (non-hydrogen) atoms. The van der Waals surface area contributed by atoms with Gasteiger partial charge in [0, 0.05) is 42.2 Å². The van der Waals surface area contributed by atoms with E-state index in [1.807, 2.05) is 25.7 Å². The summed E-state index contributed by atoms with van der Waals surface area (Å²) in [6.45, 7) is 6.89. The van der Waals surface area contributed by atoms with Crippen LogP contribution in [-0.2, 0) is 0 Å². The molecule has 1 N–H and O–H groups in total. The van der Waals surface area contributed by atoms with Crippen molar-refractivity contribution in [3.8, 4) is 0 Å². The van der Waals surface area contributed by atoms with Crippen molar-refractivity contribution < 1.29 is 19.2 Å². The molecule has 1 aliphatic rings. The first-order valence-corrected chi connectivity index (χ1v) is 8.61. The Kier molecular flexibility index (Phi) is 4.52. The number of nitro groups is 1. The van der Waals surface area contributed by atoms with Gasteiger partial charge in [-0.05, 0) is 39.7 Å². The monoisotopic (exact) mass is 361 g/mol. The predicted octanol–water partition coefficient (Wildman–Crippen LogP) is 4.09. The van der Waals surface area contributed by atoms with Gasteiger partial charge in [-0.1, -0.05) is 0 Å². The molecule has 1 fully saturated rings. The Hall–Kier alpha value is -2.77. The molecule has 0 atom stereocenters. The summed E-state index contributed by atoms with van der Waals surface area (Å²) in [5.74, 6) is 0. The van der Waals surface area contributed by atoms with Crippen LogP contribution in [0.2, 0.25) is 0 Å². The second-order valence-electron chi connectivity index (χ2n) is 7.60. The second kappa shape index (κ2) is 6.51. The molecular weight excluding hydrogens is 338 g/mol. The van der Waals surface area contributed by atoms with Gasteiger partial charge >= 0.3 is 6.09 Å². The Morgan fingerprint density at radius 1 is 1.35 bits per heavy atom. The van der Waals surface area contributed by atoms with Crippen molar-refractivity contribution in [3.63, 3.8) is 0 Å². The Bertz CT molecular complexity index is 831. The summed E-state index contributed by atoms with van der Waals surface area (Å²) in [5, 5.41) is 21.5. The van der Waals surface area contributed by atoms with E-state index in [0.29, 0.717) is 42.6 Å². The normalized spacial score (nSPS) is 16.0. The number of carboxylic acid groups (broad SMARTS) is 1. The zero-order chi connectivity index (χ0) is 19.1. The summed E-state index contributed by atoms with van der Waals surface area (Å²) in [6.07, 6.45) is 1.93. The summed E-state index contributed by atoms with van der Waals surface area (Å²) in [6, 6.07) is 4.67. The molecule has 0 saturated carbocycles. The van der Waals surface area contributed by atoms with E-state index < -0.39 is 16.6 Å². The van der Waals surface area contributed by atoms with Gasteiger partial charge in [-0.15, -0.1) is 0 Å². The van der Waals surface area contributed by atoms with Crippen molar-refractivity contribution in [2.75, 3.05) is 18.0 Å². The molecule has 1 amide bonds. The van der Waals surface area contributed by atoms with Gasteiger partial charge in [-0.25, -0.2) is 4.79 Å². The SMILES string of the molecule is CC(C)(C)N(C(=O)O)C1CCN(c2cc([N+](=O)[O-])cc3ccoc23)CC1. The maximum Gasteiger partial charge on any atom is 0.407 e. The molecule has 0 aliphatic carbocycles. The lowest BCUT2D eigenvalue weighted by Crippen LogP contribution is -2.54. The van der Waals surface area contributed by atoms with Crippen LogP contribution in [0.3, 0.4) is 0 Å². The first-order chi connectivity index (χ1) is 12.2. The summed E-state index contributed by atoms with van der Waals surface area (Å²) in [7, 11) is 0. The number of hydrogen-bond donors (Lipinski definition) is 1. The van der Waals surface area contributed by atoms with Gasteiger partial charge in [-0.3, -0.25) is 10.1 Å². The second-order valence-corrected chi connectivity index (χ2v) is 7.60. The van der Waals surface area contributed by atoms with Crippen LogP contribution >= 0.6 is 0 Å². The summed E-state index contributed by atoms with van der Waals surface area (Å²) in [4.78, 5) is 26.0. The number of nitrogens with zero attached hydrogens (tertiary/aromatic N) is 3. The molecule has 8 heteroatoms. The summed E-state index contributed by atoms with van der Waals surface area (Å²) >= 11 is 0. The van der Waals surface area contributed by atoms with Crippen molar-refractivity contribution in [2.24, 2.45) is 0 Å². The molecule has 1 aromatic heterocycles. The number of anilines is 1. The Morgan fingerprint density at radius 2 is 2.00 bits per heavy atom. The van der Waals surface area contributed by atoms with Gasteiger partial charge in [0.05, 0.1) is 16.9 Å². The molecule has 0 unspecified atom stereocenters. The van der Waals surface area contributed by atoms with Crippen LogP contribution in [0.25, 0.3) is 11.0 Å². The molecule has 1 saturated heterocycles. The Labute approximate surface area is 151 Å². The average molecular weight is 361 g/mol. The van der Waals surface area contributed by atoms with Gasteiger partial charge in [-0.2, -0.15) is 0 Å². The first-order valence-electron chi connectivity index (χ1n) is 8.61. The number of non-ortho nitro benzene ring substituents is 1. The maximum absolute atomic E-state index is 11.7. The fourth-order valence-corrected chi connectivity index (χ4v) is 3.74. The number of benzene rings is 1. The molecule has 0 bridgehead atoms. The van der Waals surface area contributed by atoms with E-state index >= 15 is 0 Å². The molecule has 8 nitrogen and oxygen atoms in total. The Balaban J connectivity index is 1.84. The standard InChI is InChI=1S/C18H23N3O5/c1-18(2,3)20(17(22)23)13-4-7-19(8-5-13)15-11-14(21(24)25)10-12-6-9-26-16(12)15/h6,9-11,13H,4-5,7-8H2,1-3H3,(H,22,23). The predicted molar refractivity (Wildman–Crippen MR) is 97.7 cm³/mol. The quantitative estimate of drug-likeness (QED) is 0.653. The fraction of sp³-hybridized carbons (Fsp3) is 0.500. The van der Waals surface area contributed by atoms with E-state index in [2.05, 4.69) is 0 Å².